The number of benzene rings is 2. The molecule has 2 aromatic carbocycles. The molecule has 0 heterocycles. The predicted octanol–water partition coefficient (Wildman–Crippen LogP) is -1.78. The lowest BCUT2D eigenvalue weighted by Gasteiger charge is -2.13. The maximum Gasteiger partial charge on any atom is 0.491 e. The number of aliphatic hydroxyl groups is 1. The van der Waals surface area contributed by atoms with Crippen LogP contribution in [0.3, 0.4) is 0 Å². The summed E-state index contributed by atoms with van der Waals surface area (Å²) >= 11 is 0. The standard InChI is InChI=1S/C12H14B2O5/c15-7-8-19-14(18)12-6-5-11(13(16)17)9-3-1-2-4-10(9)12/h1-6,15-18H,7-8H2. The molecular weight excluding hydrogens is 246 g/mol. The van der Waals surface area contributed by atoms with E-state index in [0.717, 1.165) is 0 Å². The zero-order valence-electron chi connectivity index (χ0n) is 10.2. The van der Waals surface area contributed by atoms with Gasteiger partial charge in [0.2, 0.25) is 0 Å². The molecule has 0 atom stereocenters. The second-order valence-electron chi connectivity index (χ2n) is 4.11. The van der Waals surface area contributed by atoms with Crippen LogP contribution in [0.15, 0.2) is 36.4 Å². The molecule has 0 aliphatic rings. The van der Waals surface area contributed by atoms with Gasteiger partial charge >= 0.3 is 14.2 Å². The van der Waals surface area contributed by atoms with Crippen molar-refractivity contribution in [2.75, 3.05) is 13.2 Å². The van der Waals surface area contributed by atoms with Crippen LogP contribution in [0.4, 0.5) is 0 Å². The van der Waals surface area contributed by atoms with Crippen LogP contribution in [-0.4, -0.2) is 47.6 Å². The molecule has 0 aliphatic heterocycles. The third kappa shape index (κ3) is 2.97. The molecule has 98 valence electrons. The molecule has 0 radical (unpaired) electrons. The Kier molecular flexibility index (Phi) is 4.57. The molecule has 0 saturated heterocycles. The number of hydrogen-bond donors (Lipinski definition) is 4. The topological polar surface area (TPSA) is 90.2 Å². The van der Waals surface area contributed by atoms with Crippen molar-refractivity contribution in [2.24, 2.45) is 0 Å². The van der Waals surface area contributed by atoms with E-state index in [1.54, 1.807) is 30.3 Å². The maximum absolute atomic E-state index is 9.92. The molecule has 0 saturated carbocycles. The Labute approximate surface area is 111 Å². The third-order valence-corrected chi connectivity index (χ3v) is 2.90. The number of aliphatic hydroxyl groups excluding tert-OH is 1. The summed E-state index contributed by atoms with van der Waals surface area (Å²) in [5, 5.41) is 38.6. The first-order valence-electron chi connectivity index (χ1n) is 5.93. The van der Waals surface area contributed by atoms with Gasteiger partial charge in [0, 0.05) is 0 Å². The minimum Gasteiger partial charge on any atom is -0.423 e. The van der Waals surface area contributed by atoms with Crippen LogP contribution in [0, 0.1) is 0 Å². The lowest BCUT2D eigenvalue weighted by molar-refractivity contribution is 0.183. The fourth-order valence-corrected chi connectivity index (χ4v) is 2.04. The largest absolute Gasteiger partial charge is 0.491 e. The molecule has 0 aromatic heterocycles. The van der Waals surface area contributed by atoms with Crippen LogP contribution in [0.5, 0.6) is 0 Å². The van der Waals surface area contributed by atoms with Crippen LogP contribution in [0.2, 0.25) is 0 Å². The SMILES string of the molecule is OCCOB(O)c1ccc(B(O)O)c2ccccc12. The van der Waals surface area contributed by atoms with Crippen molar-refractivity contribution in [3.63, 3.8) is 0 Å². The Balaban J connectivity index is 2.49. The average Bonchev–Trinajstić information content (AvgIpc) is 2.43. The molecule has 0 unspecified atom stereocenters. The second kappa shape index (κ2) is 6.18. The van der Waals surface area contributed by atoms with Crippen LogP contribution >= 0.6 is 0 Å². The number of hydrogen-bond acceptors (Lipinski definition) is 5. The highest BCUT2D eigenvalue weighted by atomic mass is 16.5. The van der Waals surface area contributed by atoms with Gasteiger partial charge in [0.05, 0.1) is 13.2 Å². The summed E-state index contributed by atoms with van der Waals surface area (Å²) in [6.45, 7) is -0.150. The highest BCUT2D eigenvalue weighted by molar-refractivity contribution is 6.66. The molecule has 5 nitrogen and oxygen atoms in total. The van der Waals surface area contributed by atoms with Gasteiger partial charge in [-0.1, -0.05) is 36.4 Å². The van der Waals surface area contributed by atoms with E-state index >= 15 is 0 Å². The molecule has 0 aliphatic carbocycles. The van der Waals surface area contributed by atoms with Crippen molar-refractivity contribution < 1.29 is 24.8 Å². The fourth-order valence-electron chi connectivity index (χ4n) is 2.04. The second-order valence-corrected chi connectivity index (χ2v) is 4.11. The van der Waals surface area contributed by atoms with E-state index in [0.29, 0.717) is 21.7 Å². The summed E-state index contributed by atoms with van der Waals surface area (Å²) in [5.41, 5.74) is 0.891. The van der Waals surface area contributed by atoms with Gasteiger partial charge in [0.25, 0.3) is 0 Å². The van der Waals surface area contributed by atoms with Crippen molar-refractivity contribution in [3.05, 3.63) is 36.4 Å². The summed E-state index contributed by atoms with van der Waals surface area (Å²) in [7, 11) is -2.74. The van der Waals surface area contributed by atoms with Gasteiger partial charge in [0.1, 0.15) is 0 Å². The maximum atomic E-state index is 9.92. The van der Waals surface area contributed by atoms with Crippen molar-refractivity contribution >= 4 is 35.9 Å². The molecule has 2 aromatic rings. The molecule has 0 bridgehead atoms. The first-order valence-corrected chi connectivity index (χ1v) is 5.93. The van der Waals surface area contributed by atoms with Crippen LogP contribution in [-0.2, 0) is 4.65 Å². The van der Waals surface area contributed by atoms with Crippen molar-refractivity contribution in [3.8, 4) is 0 Å². The highest BCUT2D eigenvalue weighted by Crippen LogP contribution is 2.10. The lowest BCUT2D eigenvalue weighted by atomic mass is 9.70. The molecule has 2 rings (SSSR count). The summed E-state index contributed by atoms with van der Waals surface area (Å²) in [6.07, 6.45) is 0. The Bertz CT molecular complexity index is 561. The van der Waals surface area contributed by atoms with E-state index in [1.165, 1.54) is 6.07 Å². The highest BCUT2D eigenvalue weighted by Gasteiger charge is 2.22. The van der Waals surface area contributed by atoms with Gasteiger partial charge in [-0.15, -0.1) is 0 Å². The van der Waals surface area contributed by atoms with Gasteiger partial charge in [-0.3, -0.25) is 0 Å². The third-order valence-electron chi connectivity index (χ3n) is 2.90. The molecule has 0 spiro atoms. The zero-order valence-corrected chi connectivity index (χ0v) is 10.2. The van der Waals surface area contributed by atoms with Gasteiger partial charge in [-0.25, -0.2) is 0 Å². The number of rotatable bonds is 5. The lowest BCUT2D eigenvalue weighted by Crippen LogP contribution is -2.38. The van der Waals surface area contributed by atoms with Gasteiger partial charge < -0.3 is 24.8 Å². The van der Waals surface area contributed by atoms with Crippen molar-refractivity contribution in [2.45, 2.75) is 0 Å². The predicted molar refractivity (Wildman–Crippen MR) is 74.4 cm³/mol. The zero-order chi connectivity index (χ0) is 13.8. The fraction of sp³-hybridized carbons (Fsp3) is 0.167. The quantitative estimate of drug-likeness (QED) is 0.477. The molecule has 19 heavy (non-hydrogen) atoms. The van der Waals surface area contributed by atoms with E-state index in [9.17, 15) is 15.1 Å². The first kappa shape index (κ1) is 14.0. The van der Waals surface area contributed by atoms with Crippen molar-refractivity contribution in [1.82, 2.24) is 0 Å². The normalized spacial score (nSPS) is 10.7. The van der Waals surface area contributed by atoms with Gasteiger partial charge in [-0.05, 0) is 21.7 Å². The Morgan fingerprint density at radius 2 is 1.47 bits per heavy atom. The van der Waals surface area contributed by atoms with E-state index in [1.807, 2.05) is 0 Å². The van der Waals surface area contributed by atoms with Crippen LogP contribution in [0.25, 0.3) is 10.8 Å². The smallest absolute Gasteiger partial charge is 0.423 e. The molecule has 7 heteroatoms. The van der Waals surface area contributed by atoms with Gasteiger partial charge in [0.15, 0.2) is 0 Å². The minimum atomic E-state index is -1.57. The van der Waals surface area contributed by atoms with Crippen LogP contribution in [0.1, 0.15) is 0 Å². The Morgan fingerprint density at radius 3 is 2.05 bits per heavy atom. The summed E-state index contributed by atoms with van der Waals surface area (Å²) in [4.78, 5) is 0. The van der Waals surface area contributed by atoms with E-state index in [2.05, 4.69) is 0 Å². The molecule has 4 N–H and O–H groups in total. The average molecular weight is 260 g/mol. The summed E-state index contributed by atoms with van der Waals surface area (Å²) in [6, 6.07) is 10.2. The van der Waals surface area contributed by atoms with E-state index in [-0.39, 0.29) is 13.2 Å². The molecule has 0 amide bonds. The first-order chi connectivity index (χ1) is 9.15. The Hall–Kier alpha value is -1.37. The summed E-state index contributed by atoms with van der Waals surface area (Å²) in [5.74, 6) is 0. The van der Waals surface area contributed by atoms with E-state index < -0.39 is 14.2 Å². The van der Waals surface area contributed by atoms with Crippen molar-refractivity contribution in [1.29, 1.82) is 0 Å². The van der Waals surface area contributed by atoms with Crippen LogP contribution < -0.4 is 10.9 Å². The van der Waals surface area contributed by atoms with Gasteiger partial charge in [-0.2, -0.15) is 0 Å². The molecular formula is C12H14B2O5. The summed E-state index contributed by atoms with van der Waals surface area (Å²) < 4.78 is 5.07. The van der Waals surface area contributed by atoms with E-state index in [4.69, 9.17) is 9.76 Å². The number of fused-ring (bicyclic) bond motifs is 1. The Morgan fingerprint density at radius 1 is 0.895 bits per heavy atom. The minimum absolute atomic E-state index is 0.0276. The monoisotopic (exact) mass is 260 g/mol. The molecule has 0 fully saturated rings.